The molecule has 1 saturated heterocycles. The highest BCUT2D eigenvalue weighted by atomic mass is 31.2. The van der Waals surface area contributed by atoms with Gasteiger partial charge in [-0.15, -0.1) is 0 Å². The Labute approximate surface area is 263 Å². The Morgan fingerprint density at radius 2 is 1.87 bits per heavy atom. The minimum atomic E-state index is -4.27. The summed E-state index contributed by atoms with van der Waals surface area (Å²) in [4.78, 5) is 17.1. The van der Waals surface area contributed by atoms with Gasteiger partial charge in [0, 0.05) is 0 Å². The number of hydrogen-bond donors (Lipinski definition) is 4. The van der Waals surface area contributed by atoms with Crippen LogP contribution in [0.5, 0.6) is 5.75 Å². The second kappa shape index (κ2) is 13.0. The number of rotatable bonds is 10. The molecule has 14 heteroatoms. The maximum absolute atomic E-state index is 14.2. The van der Waals surface area contributed by atoms with Crippen molar-refractivity contribution < 1.29 is 38.1 Å². The number of aliphatic hydroxyl groups excluding tert-OH is 2. The molecule has 3 heterocycles. The van der Waals surface area contributed by atoms with Crippen molar-refractivity contribution in [1.82, 2.24) is 19.7 Å². The maximum atomic E-state index is 14.2. The summed E-state index contributed by atoms with van der Waals surface area (Å²) in [6, 6.07) is 10.7. The lowest BCUT2D eigenvalue weighted by atomic mass is 9.72. The van der Waals surface area contributed by atoms with Crippen molar-refractivity contribution in [3.8, 4) is 5.75 Å². The molecule has 0 spiro atoms. The Balaban J connectivity index is 1.28. The Hall–Kier alpha value is -3.06. The van der Waals surface area contributed by atoms with Crippen LogP contribution in [0.2, 0.25) is 0 Å². The summed E-state index contributed by atoms with van der Waals surface area (Å²) in [5.74, 6) is 0.467. The van der Waals surface area contributed by atoms with E-state index in [1.165, 1.54) is 24.7 Å². The zero-order chi connectivity index (χ0) is 32.6. The second-order valence-electron chi connectivity index (χ2n) is 13.3. The smallest absolute Gasteiger partial charge is 0.459 e. The lowest BCUT2D eigenvalue weighted by Crippen LogP contribution is -2.45. The van der Waals surface area contributed by atoms with E-state index in [-0.39, 0.29) is 23.1 Å². The van der Waals surface area contributed by atoms with Crippen molar-refractivity contribution in [3.63, 3.8) is 0 Å². The van der Waals surface area contributed by atoms with Crippen LogP contribution in [0.4, 0.5) is 5.82 Å². The van der Waals surface area contributed by atoms with Gasteiger partial charge in [0.25, 0.3) is 0 Å². The number of nitrogens with zero attached hydrogens (tertiary/aromatic N) is 3. The summed E-state index contributed by atoms with van der Waals surface area (Å²) in [6.45, 7) is 9.28. The molecule has 1 unspecified atom stereocenters. The summed E-state index contributed by atoms with van der Waals surface area (Å²) in [5, 5.41) is 29.0. The van der Waals surface area contributed by atoms with E-state index in [2.05, 4.69) is 35.9 Å². The molecule has 246 valence electrons. The topological polar surface area (TPSA) is 180 Å². The van der Waals surface area contributed by atoms with Crippen LogP contribution < -0.4 is 15.3 Å². The van der Waals surface area contributed by atoms with Crippen molar-refractivity contribution in [1.29, 1.82) is 0 Å². The standard InChI is InChI=1S/C31H44N5O8P/c1-19(29(39)42-21-13-11-20(12-14-21)30(2,3)4)35-45(40,44-22-9-7-6-8-10-22)41-17-31(5)27(38)25(37)26(43-31)23-15-16-24-28(32)33-18-34-36(23)24/h6-10,15-16,18-21,25-27,37-38H,11-14,17H2,1-5H3,(H,35,40)(H2,32,33,34)/t19-,20-,21-,25-,26-,27-,31+,45?/m0/s1. The monoisotopic (exact) mass is 645 g/mol. The Morgan fingerprint density at radius 3 is 2.53 bits per heavy atom. The zero-order valence-electron chi connectivity index (χ0n) is 26.3. The number of carbonyl (C=O) groups excluding carboxylic acids is 1. The molecular weight excluding hydrogens is 601 g/mol. The highest BCUT2D eigenvalue weighted by Crippen LogP contribution is 2.48. The number of nitrogen functional groups attached to an aromatic ring is 1. The normalized spacial score (nSPS) is 29.3. The van der Waals surface area contributed by atoms with Crippen LogP contribution in [0.3, 0.4) is 0 Å². The summed E-state index contributed by atoms with van der Waals surface area (Å²) < 4.78 is 39.2. The molecule has 2 aliphatic rings. The fourth-order valence-electron chi connectivity index (χ4n) is 6.03. The summed E-state index contributed by atoms with van der Waals surface area (Å²) in [7, 11) is -4.27. The minimum Gasteiger partial charge on any atom is -0.461 e. The molecule has 45 heavy (non-hydrogen) atoms. The van der Waals surface area contributed by atoms with Gasteiger partial charge in [0.2, 0.25) is 0 Å². The Morgan fingerprint density at radius 1 is 1.18 bits per heavy atom. The highest BCUT2D eigenvalue weighted by Gasteiger charge is 2.54. The largest absolute Gasteiger partial charge is 0.461 e. The van der Waals surface area contributed by atoms with Crippen molar-refractivity contribution in [2.24, 2.45) is 11.3 Å². The number of ether oxygens (including phenoxy) is 2. The first-order valence-corrected chi connectivity index (χ1v) is 16.8. The number of nitrogens with two attached hydrogens (primary N) is 1. The van der Waals surface area contributed by atoms with Gasteiger partial charge in [-0.2, -0.15) is 10.2 Å². The number of anilines is 1. The Bertz CT molecular complexity index is 1520. The zero-order valence-corrected chi connectivity index (χ0v) is 27.2. The Kier molecular flexibility index (Phi) is 9.61. The van der Waals surface area contributed by atoms with Gasteiger partial charge in [0.15, 0.2) is 5.82 Å². The number of nitrogens with one attached hydrogen (secondary N) is 1. The average Bonchev–Trinajstić information content (AvgIpc) is 3.52. The number of carbonyl (C=O) groups is 1. The van der Waals surface area contributed by atoms with Crippen LogP contribution >= 0.6 is 7.75 Å². The average molecular weight is 646 g/mol. The van der Waals surface area contributed by atoms with E-state index in [4.69, 9.17) is 24.3 Å². The molecule has 1 aromatic carbocycles. The molecule has 1 aliphatic heterocycles. The van der Waals surface area contributed by atoms with Gasteiger partial charge in [-0.1, -0.05) is 39.0 Å². The minimum absolute atomic E-state index is 0.198. The maximum Gasteiger partial charge on any atom is 0.459 e. The molecule has 13 nitrogen and oxygen atoms in total. The third-order valence-electron chi connectivity index (χ3n) is 8.84. The van der Waals surface area contributed by atoms with Gasteiger partial charge in [-0.3, -0.25) is 9.32 Å². The fourth-order valence-corrected chi connectivity index (χ4v) is 7.61. The van der Waals surface area contributed by atoms with Gasteiger partial charge >= 0.3 is 13.7 Å². The predicted molar refractivity (Wildman–Crippen MR) is 166 cm³/mol. The summed E-state index contributed by atoms with van der Waals surface area (Å²) >= 11 is 0. The number of benzene rings is 1. The quantitative estimate of drug-likeness (QED) is 0.183. The molecule has 5 rings (SSSR count). The first-order valence-electron chi connectivity index (χ1n) is 15.3. The second-order valence-corrected chi connectivity index (χ2v) is 15.0. The van der Waals surface area contributed by atoms with Crippen LogP contribution in [0.25, 0.3) is 5.52 Å². The molecule has 1 saturated carbocycles. The molecular formula is C31H44N5O8P. The van der Waals surface area contributed by atoms with Crippen molar-refractivity contribution >= 4 is 25.1 Å². The van der Waals surface area contributed by atoms with Crippen LogP contribution in [0.1, 0.15) is 72.1 Å². The molecule has 2 fully saturated rings. The van der Waals surface area contributed by atoms with E-state index < -0.39 is 50.3 Å². The molecule has 3 aromatic rings. The van der Waals surface area contributed by atoms with Crippen LogP contribution in [-0.4, -0.2) is 67.3 Å². The molecule has 0 bridgehead atoms. The number of aromatic nitrogens is 3. The first-order chi connectivity index (χ1) is 21.2. The van der Waals surface area contributed by atoms with E-state index >= 15 is 0 Å². The van der Waals surface area contributed by atoms with Gasteiger partial charge < -0.3 is 29.9 Å². The molecule has 0 amide bonds. The highest BCUT2D eigenvalue weighted by molar-refractivity contribution is 7.52. The van der Waals surface area contributed by atoms with Gasteiger partial charge in [0.05, 0.1) is 12.3 Å². The fraction of sp³-hybridized carbons (Fsp3) is 0.581. The van der Waals surface area contributed by atoms with E-state index in [9.17, 15) is 19.6 Å². The van der Waals surface area contributed by atoms with Crippen LogP contribution in [0, 0.1) is 11.3 Å². The van der Waals surface area contributed by atoms with Crippen LogP contribution in [-0.2, 0) is 23.4 Å². The van der Waals surface area contributed by atoms with Crippen molar-refractivity contribution in [2.45, 2.75) is 96.4 Å². The third-order valence-corrected chi connectivity index (χ3v) is 10.5. The van der Waals surface area contributed by atoms with Crippen molar-refractivity contribution in [2.75, 3.05) is 12.3 Å². The molecule has 2 aromatic heterocycles. The molecule has 1 aliphatic carbocycles. The number of hydrogen-bond acceptors (Lipinski definition) is 11. The van der Waals surface area contributed by atoms with E-state index in [0.717, 1.165) is 25.7 Å². The number of esters is 1. The lowest BCUT2D eigenvalue weighted by molar-refractivity contribution is -0.153. The SMILES string of the molecule is C[C@H](NP(=O)(OC[C@@]1(C)O[C@@H](c2ccc3c(N)ncnn23)[C@H](O)[C@@H]1O)Oc1ccccc1)C(=O)O[C@H]1CC[C@H](C(C)(C)C)CC1. The number of fused-ring (bicyclic) bond motifs is 1. The summed E-state index contributed by atoms with van der Waals surface area (Å²) in [6.07, 6.45) is 0.683. The lowest BCUT2D eigenvalue weighted by Gasteiger charge is -2.37. The number of aliphatic hydroxyl groups is 2. The van der Waals surface area contributed by atoms with E-state index in [1.807, 2.05) is 0 Å². The molecule has 0 radical (unpaired) electrons. The van der Waals surface area contributed by atoms with Gasteiger partial charge in [0.1, 0.15) is 53.7 Å². The summed E-state index contributed by atoms with van der Waals surface area (Å²) in [5.41, 5.74) is 5.56. The predicted octanol–water partition coefficient (Wildman–Crippen LogP) is 4.19. The molecule has 6 atom stereocenters. The first kappa shape index (κ1) is 33.3. The van der Waals surface area contributed by atoms with E-state index in [0.29, 0.717) is 17.1 Å². The van der Waals surface area contributed by atoms with Crippen molar-refractivity contribution in [3.05, 3.63) is 54.5 Å². The van der Waals surface area contributed by atoms with Gasteiger partial charge in [-0.25, -0.2) is 14.1 Å². The van der Waals surface area contributed by atoms with Crippen LogP contribution in [0.15, 0.2) is 48.8 Å². The molecule has 5 N–H and O–H groups in total. The van der Waals surface area contributed by atoms with Gasteiger partial charge in [-0.05, 0) is 75.1 Å². The third kappa shape index (κ3) is 7.34. The number of para-hydroxylation sites is 1. The van der Waals surface area contributed by atoms with E-state index in [1.54, 1.807) is 42.5 Å².